The van der Waals surface area contributed by atoms with Crippen LogP contribution >= 0.6 is 0 Å². The van der Waals surface area contributed by atoms with Crippen LogP contribution in [0.3, 0.4) is 0 Å². The monoisotopic (exact) mass is 370 g/mol. The third-order valence-electron chi connectivity index (χ3n) is 4.02. The minimum atomic E-state index is -0.888. The third kappa shape index (κ3) is 3.25. The van der Waals surface area contributed by atoms with E-state index in [1.54, 1.807) is 18.2 Å². The fourth-order valence-electron chi connectivity index (χ4n) is 3.00. The van der Waals surface area contributed by atoms with Crippen LogP contribution in [0.5, 0.6) is 17.4 Å². The van der Waals surface area contributed by atoms with Gasteiger partial charge in [0.2, 0.25) is 11.8 Å². The lowest BCUT2D eigenvalue weighted by molar-refractivity contribution is 0.325. The summed E-state index contributed by atoms with van der Waals surface area (Å²) in [5, 5.41) is 9.63. The van der Waals surface area contributed by atoms with Gasteiger partial charge in [-0.3, -0.25) is 14.8 Å². The van der Waals surface area contributed by atoms with Gasteiger partial charge >= 0.3 is 5.69 Å². The quantitative estimate of drug-likeness (QED) is 0.714. The van der Waals surface area contributed by atoms with Gasteiger partial charge in [0.05, 0.1) is 24.7 Å². The molecule has 1 aliphatic heterocycles. The Morgan fingerprint density at radius 2 is 1.96 bits per heavy atom. The van der Waals surface area contributed by atoms with Crippen molar-refractivity contribution in [3.05, 3.63) is 61.6 Å². The molecule has 0 unspecified atom stereocenters. The first-order chi connectivity index (χ1) is 13.0. The molecule has 0 radical (unpaired) electrons. The Balaban J connectivity index is 2.32. The molecule has 2 heterocycles. The highest BCUT2D eigenvalue weighted by Crippen LogP contribution is 2.43. The lowest BCUT2D eigenvalue weighted by Gasteiger charge is -2.26. The van der Waals surface area contributed by atoms with Gasteiger partial charge in [-0.2, -0.15) is 5.26 Å². The van der Waals surface area contributed by atoms with Crippen LogP contribution in [0.25, 0.3) is 0 Å². The third-order valence-corrected chi connectivity index (χ3v) is 4.02. The lowest BCUT2D eigenvalue weighted by Crippen LogP contribution is -2.33. The van der Waals surface area contributed by atoms with Gasteiger partial charge in [0, 0.05) is 5.56 Å². The molecule has 0 saturated carbocycles. The standard InChI is InChI=1S/C18H18N4O5/c1-3-25-9-5-6-12(26-4-2)10(7-9)13-11(8-19)15(20)27-17-14(13)16(23)21-18(24)22-17/h5-7,13H,3-4,20H2,1-2H3,(H2,21,22,23,24)/t13-/m1/s1. The van der Waals surface area contributed by atoms with E-state index in [0.29, 0.717) is 30.3 Å². The van der Waals surface area contributed by atoms with Crippen molar-refractivity contribution in [1.82, 2.24) is 9.97 Å². The number of hydrogen-bond acceptors (Lipinski definition) is 7. The van der Waals surface area contributed by atoms with E-state index in [4.69, 9.17) is 19.9 Å². The van der Waals surface area contributed by atoms with Crippen molar-refractivity contribution in [1.29, 1.82) is 5.26 Å². The van der Waals surface area contributed by atoms with Crippen molar-refractivity contribution in [2.24, 2.45) is 5.73 Å². The molecule has 27 heavy (non-hydrogen) atoms. The number of fused-ring (bicyclic) bond motifs is 1. The average molecular weight is 370 g/mol. The number of aromatic nitrogens is 2. The summed E-state index contributed by atoms with van der Waals surface area (Å²) in [6, 6.07) is 7.11. The van der Waals surface area contributed by atoms with Gasteiger partial charge in [0.25, 0.3) is 5.56 Å². The smallest absolute Gasteiger partial charge is 0.328 e. The molecule has 140 valence electrons. The van der Waals surface area contributed by atoms with E-state index in [1.807, 2.05) is 19.9 Å². The summed E-state index contributed by atoms with van der Waals surface area (Å²) in [7, 11) is 0. The fraction of sp³-hybridized carbons (Fsp3) is 0.278. The number of rotatable bonds is 5. The van der Waals surface area contributed by atoms with Crippen molar-refractivity contribution >= 4 is 0 Å². The largest absolute Gasteiger partial charge is 0.494 e. The molecule has 0 bridgehead atoms. The van der Waals surface area contributed by atoms with Gasteiger partial charge in [0.15, 0.2) is 0 Å². The fourth-order valence-corrected chi connectivity index (χ4v) is 3.00. The summed E-state index contributed by atoms with van der Waals surface area (Å²) in [6.45, 7) is 4.47. The summed E-state index contributed by atoms with van der Waals surface area (Å²) in [4.78, 5) is 28.7. The van der Waals surface area contributed by atoms with Crippen molar-refractivity contribution in [3.8, 4) is 23.4 Å². The maximum Gasteiger partial charge on any atom is 0.328 e. The zero-order chi connectivity index (χ0) is 19.6. The van der Waals surface area contributed by atoms with Crippen LogP contribution in [0, 0.1) is 11.3 Å². The Morgan fingerprint density at radius 3 is 2.63 bits per heavy atom. The molecule has 1 atom stereocenters. The number of nitrogens with two attached hydrogens (primary N) is 1. The van der Waals surface area contributed by atoms with Gasteiger partial charge in [-0.05, 0) is 32.0 Å². The number of hydrogen-bond donors (Lipinski definition) is 3. The maximum absolute atomic E-state index is 12.5. The van der Waals surface area contributed by atoms with Gasteiger partial charge in [-0.1, -0.05) is 0 Å². The minimum absolute atomic E-state index is 0.0367. The van der Waals surface area contributed by atoms with E-state index < -0.39 is 17.2 Å². The van der Waals surface area contributed by atoms with E-state index in [2.05, 4.69) is 9.97 Å². The van der Waals surface area contributed by atoms with Crippen molar-refractivity contribution in [3.63, 3.8) is 0 Å². The zero-order valence-electron chi connectivity index (χ0n) is 14.8. The Morgan fingerprint density at radius 1 is 1.22 bits per heavy atom. The van der Waals surface area contributed by atoms with Crippen LogP contribution in [0.2, 0.25) is 0 Å². The predicted octanol–water partition coefficient (Wildman–Crippen LogP) is 1.08. The highest BCUT2D eigenvalue weighted by atomic mass is 16.5. The zero-order valence-corrected chi connectivity index (χ0v) is 14.8. The molecule has 2 aromatic rings. The molecular weight excluding hydrogens is 352 g/mol. The first-order valence-electron chi connectivity index (χ1n) is 8.33. The maximum atomic E-state index is 12.5. The Kier molecular flexibility index (Phi) is 4.90. The normalized spacial score (nSPS) is 15.5. The summed E-state index contributed by atoms with van der Waals surface area (Å²) in [6.07, 6.45) is 0. The Labute approximate surface area is 154 Å². The number of H-pyrrole nitrogens is 2. The number of benzene rings is 1. The molecule has 9 heteroatoms. The topological polar surface area (TPSA) is 143 Å². The predicted molar refractivity (Wildman–Crippen MR) is 95.8 cm³/mol. The van der Waals surface area contributed by atoms with E-state index in [9.17, 15) is 14.9 Å². The van der Waals surface area contributed by atoms with E-state index >= 15 is 0 Å². The number of ether oxygens (including phenoxy) is 3. The van der Waals surface area contributed by atoms with Crippen LogP contribution in [-0.2, 0) is 0 Å². The molecule has 0 aliphatic carbocycles. The van der Waals surface area contributed by atoms with Crippen molar-refractivity contribution < 1.29 is 14.2 Å². The summed E-state index contributed by atoms with van der Waals surface area (Å²) in [5.74, 6) is -0.179. The van der Waals surface area contributed by atoms with Crippen LogP contribution in [0.4, 0.5) is 0 Å². The van der Waals surface area contributed by atoms with Crippen molar-refractivity contribution in [2.75, 3.05) is 13.2 Å². The highest BCUT2D eigenvalue weighted by molar-refractivity contribution is 5.57. The molecule has 3 rings (SSSR count). The summed E-state index contributed by atoms with van der Waals surface area (Å²) < 4.78 is 16.5. The average Bonchev–Trinajstić information content (AvgIpc) is 2.62. The molecule has 1 aliphatic rings. The second kappa shape index (κ2) is 7.29. The SMILES string of the molecule is CCOc1ccc(OCC)c([C@@H]2C(C#N)=C(N)Oc3[nH]c(=O)[nH]c(=O)c32)c1. The second-order valence-corrected chi connectivity index (χ2v) is 5.64. The summed E-state index contributed by atoms with van der Waals surface area (Å²) in [5.41, 5.74) is 5.07. The molecule has 1 aromatic heterocycles. The molecule has 1 aromatic carbocycles. The van der Waals surface area contributed by atoms with Gasteiger partial charge in [0.1, 0.15) is 23.1 Å². The number of nitrogens with one attached hydrogen (secondary N) is 2. The molecule has 0 amide bonds. The van der Waals surface area contributed by atoms with Crippen molar-refractivity contribution in [2.45, 2.75) is 19.8 Å². The van der Waals surface area contributed by atoms with E-state index in [-0.39, 0.29) is 22.9 Å². The van der Waals surface area contributed by atoms with Gasteiger partial charge in [-0.25, -0.2) is 4.79 Å². The molecule has 0 saturated heterocycles. The molecule has 0 spiro atoms. The lowest BCUT2D eigenvalue weighted by atomic mass is 9.84. The van der Waals surface area contributed by atoms with Crippen LogP contribution in [0.15, 0.2) is 39.2 Å². The Hall–Kier alpha value is -3.67. The highest BCUT2D eigenvalue weighted by Gasteiger charge is 2.36. The molecule has 0 fully saturated rings. The number of allylic oxidation sites excluding steroid dienone is 1. The second-order valence-electron chi connectivity index (χ2n) is 5.64. The van der Waals surface area contributed by atoms with Crippen LogP contribution < -0.4 is 31.2 Å². The van der Waals surface area contributed by atoms with Crippen LogP contribution in [0.1, 0.15) is 30.9 Å². The number of aromatic amines is 2. The van der Waals surface area contributed by atoms with Gasteiger partial charge < -0.3 is 19.9 Å². The Bertz CT molecular complexity index is 1060. The molecule has 9 nitrogen and oxygen atoms in total. The number of nitrogens with zero attached hydrogens (tertiary/aromatic N) is 1. The van der Waals surface area contributed by atoms with E-state index in [1.165, 1.54) is 0 Å². The first kappa shape index (κ1) is 18.1. The first-order valence-corrected chi connectivity index (χ1v) is 8.33. The minimum Gasteiger partial charge on any atom is -0.494 e. The summed E-state index contributed by atoms with van der Waals surface area (Å²) >= 11 is 0. The van der Waals surface area contributed by atoms with E-state index in [0.717, 1.165) is 0 Å². The van der Waals surface area contributed by atoms with Crippen LogP contribution in [-0.4, -0.2) is 23.2 Å². The molecule has 4 N–H and O–H groups in total. The number of nitriles is 1. The molecular formula is C18H18N4O5. The van der Waals surface area contributed by atoms with Gasteiger partial charge in [-0.15, -0.1) is 0 Å².